The first-order valence-corrected chi connectivity index (χ1v) is 15.0. The molecule has 2 rings (SSSR count). The number of nitrogens with zero attached hydrogens (tertiary/aromatic N) is 2. The molecule has 2 aromatic carbocycles. The quantitative estimate of drug-likeness (QED) is 0.371. The highest BCUT2D eigenvalue weighted by Gasteiger charge is 2.29. The van der Waals surface area contributed by atoms with E-state index in [1.807, 2.05) is 58.9 Å². The van der Waals surface area contributed by atoms with Crippen LogP contribution in [0.4, 0.5) is 5.69 Å². The van der Waals surface area contributed by atoms with Crippen molar-refractivity contribution in [2.75, 3.05) is 17.1 Å². The Morgan fingerprint density at radius 1 is 1.05 bits per heavy atom. The number of anilines is 1. The zero-order chi connectivity index (χ0) is 27.8. The minimum atomic E-state index is -3.59. The van der Waals surface area contributed by atoms with Gasteiger partial charge in [-0.15, -0.1) is 0 Å². The van der Waals surface area contributed by atoms with E-state index in [1.165, 1.54) is 4.31 Å². The first-order valence-electron chi connectivity index (χ1n) is 12.8. The summed E-state index contributed by atoms with van der Waals surface area (Å²) in [6.07, 6.45) is 2.80. The van der Waals surface area contributed by atoms with Crippen molar-refractivity contribution >= 4 is 39.1 Å². The molecule has 0 radical (unpaired) electrons. The molecule has 37 heavy (non-hydrogen) atoms. The standard InChI is InChI=1S/C28H40ClN3O4S/c1-7-22(5)30-28(34)25(8-2)31(19-23-12-9-11-20(3)17-23)27(33)13-10-16-32(37(6,35)36)26-18-24(29)15-14-21(26)4/h9,11-12,14-15,17-18,22,25H,7-8,10,13,16,19H2,1-6H3,(H,30,34). The first-order chi connectivity index (χ1) is 17.4. The molecule has 0 spiro atoms. The fourth-order valence-electron chi connectivity index (χ4n) is 4.20. The average Bonchev–Trinajstić information content (AvgIpc) is 2.82. The molecule has 1 N–H and O–H groups in total. The summed E-state index contributed by atoms with van der Waals surface area (Å²) < 4.78 is 26.5. The Morgan fingerprint density at radius 2 is 1.76 bits per heavy atom. The van der Waals surface area contributed by atoms with Gasteiger partial charge in [-0.2, -0.15) is 0 Å². The number of amides is 2. The maximum absolute atomic E-state index is 13.5. The van der Waals surface area contributed by atoms with E-state index in [-0.39, 0.29) is 30.8 Å². The van der Waals surface area contributed by atoms with Crippen LogP contribution in [0, 0.1) is 13.8 Å². The molecule has 7 nitrogen and oxygen atoms in total. The van der Waals surface area contributed by atoms with E-state index in [0.717, 1.165) is 29.4 Å². The van der Waals surface area contributed by atoms with Crippen LogP contribution in [0.5, 0.6) is 0 Å². The topological polar surface area (TPSA) is 86.8 Å². The third kappa shape index (κ3) is 9.04. The summed E-state index contributed by atoms with van der Waals surface area (Å²) >= 11 is 6.13. The highest BCUT2D eigenvalue weighted by atomic mass is 35.5. The Balaban J connectivity index is 2.26. The van der Waals surface area contributed by atoms with Gasteiger partial charge in [-0.1, -0.05) is 61.3 Å². The largest absolute Gasteiger partial charge is 0.352 e. The summed E-state index contributed by atoms with van der Waals surface area (Å²) in [5, 5.41) is 3.45. The lowest BCUT2D eigenvalue weighted by molar-refractivity contribution is -0.141. The molecule has 0 aliphatic carbocycles. The molecule has 2 aromatic rings. The van der Waals surface area contributed by atoms with E-state index < -0.39 is 16.1 Å². The van der Waals surface area contributed by atoms with Crippen LogP contribution >= 0.6 is 11.6 Å². The zero-order valence-electron chi connectivity index (χ0n) is 22.8. The molecule has 0 heterocycles. The molecule has 0 aliphatic heterocycles. The lowest BCUT2D eigenvalue weighted by Crippen LogP contribution is -2.50. The second-order valence-electron chi connectivity index (χ2n) is 9.62. The van der Waals surface area contributed by atoms with E-state index in [1.54, 1.807) is 23.1 Å². The minimum Gasteiger partial charge on any atom is -0.352 e. The van der Waals surface area contributed by atoms with Gasteiger partial charge in [0.2, 0.25) is 21.8 Å². The molecular weight excluding hydrogens is 510 g/mol. The summed E-state index contributed by atoms with van der Waals surface area (Å²) in [5.41, 5.74) is 3.28. The maximum atomic E-state index is 13.5. The smallest absolute Gasteiger partial charge is 0.243 e. The van der Waals surface area contributed by atoms with Gasteiger partial charge in [-0.05, 0) is 63.3 Å². The number of aryl methyl sites for hydroxylation is 2. The van der Waals surface area contributed by atoms with Crippen LogP contribution in [0.3, 0.4) is 0 Å². The molecule has 9 heteroatoms. The summed E-state index contributed by atoms with van der Waals surface area (Å²) in [6.45, 7) is 10.1. The molecular formula is C28H40ClN3O4S. The number of benzene rings is 2. The maximum Gasteiger partial charge on any atom is 0.243 e. The lowest BCUT2D eigenvalue weighted by Gasteiger charge is -2.32. The number of carbonyl (C=O) groups is 2. The van der Waals surface area contributed by atoms with Crippen LogP contribution in [0.1, 0.15) is 63.1 Å². The Hall–Kier alpha value is -2.58. The predicted octanol–water partition coefficient (Wildman–Crippen LogP) is 5.23. The number of hydrogen-bond donors (Lipinski definition) is 1. The Kier molecular flexibility index (Phi) is 11.4. The Bertz CT molecular complexity index is 1190. The molecule has 0 saturated heterocycles. The van der Waals surface area contributed by atoms with Crippen molar-refractivity contribution in [1.82, 2.24) is 10.2 Å². The molecule has 0 aromatic heterocycles. The van der Waals surface area contributed by atoms with Crippen molar-refractivity contribution in [1.29, 1.82) is 0 Å². The van der Waals surface area contributed by atoms with Gasteiger partial charge < -0.3 is 10.2 Å². The van der Waals surface area contributed by atoms with Crippen LogP contribution in [0.2, 0.25) is 5.02 Å². The molecule has 204 valence electrons. The summed E-state index contributed by atoms with van der Waals surface area (Å²) in [4.78, 5) is 28.3. The number of nitrogens with one attached hydrogen (secondary N) is 1. The summed E-state index contributed by atoms with van der Waals surface area (Å²) in [7, 11) is -3.59. The average molecular weight is 550 g/mol. The number of halogens is 1. The van der Waals surface area contributed by atoms with Gasteiger partial charge in [0, 0.05) is 30.6 Å². The van der Waals surface area contributed by atoms with Crippen molar-refractivity contribution in [3.63, 3.8) is 0 Å². The summed E-state index contributed by atoms with van der Waals surface area (Å²) in [5.74, 6) is -0.367. The van der Waals surface area contributed by atoms with E-state index in [4.69, 9.17) is 11.6 Å². The molecule has 2 unspecified atom stereocenters. The molecule has 2 atom stereocenters. The van der Waals surface area contributed by atoms with E-state index in [2.05, 4.69) is 5.32 Å². The van der Waals surface area contributed by atoms with Crippen molar-refractivity contribution in [3.8, 4) is 0 Å². The number of rotatable bonds is 13. The van der Waals surface area contributed by atoms with Gasteiger partial charge in [0.15, 0.2) is 0 Å². The Labute approximate surface area is 227 Å². The highest BCUT2D eigenvalue weighted by molar-refractivity contribution is 7.92. The fourth-order valence-corrected chi connectivity index (χ4v) is 5.38. The zero-order valence-corrected chi connectivity index (χ0v) is 24.3. The second kappa shape index (κ2) is 13.8. The van der Waals surface area contributed by atoms with Gasteiger partial charge in [0.1, 0.15) is 6.04 Å². The lowest BCUT2D eigenvalue weighted by atomic mass is 10.1. The first kappa shape index (κ1) is 30.6. The second-order valence-corrected chi connectivity index (χ2v) is 12.0. The van der Waals surface area contributed by atoms with Gasteiger partial charge in [-0.3, -0.25) is 13.9 Å². The van der Waals surface area contributed by atoms with E-state index in [0.29, 0.717) is 30.1 Å². The third-order valence-corrected chi connectivity index (χ3v) is 7.83. The van der Waals surface area contributed by atoms with Gasteiger partial charge in [0.05, 0.1) is 11.9 Å². The van der Waals surface area contributed by atoms with Gasteiger partial charge in [-0.25, -0.2) is 8.42 Å². The predicted molar refractivity (Wildman–Crippen MR) is 151 cm³/mol. The Morgan fingerprint density at radius 3 is 2.35 bits per heavy atom. The molecule has 0 saturated carbocycles. The van der Waals surface area contributed by atoms with E-state index in [9.17, 15) is 18.0 Å². The molecule has 2 amide bonds. The summed E-state index contributed by atoms with van der Waals surface area (Å²) in [6, 6.07) is 12.4. The van der Waals surface area contributed by atoms with Crippen molar-refractivity contribution < 1.29 is 18.0 Å². The monoisotopic (exact) mass is 549 g/mol. The van der Waals surface area contributed by atoms with Crippen LogP contribution in [-0.2, 0) is 26.2 Å². The number of hydrogen-bond acceptors (Lipinski definition) is 4. The van der Waals surface area contributed by atoms with Gasteiger partial charge in [0.25, 0.3) is 0 Å². The number of carbonyl (C=O) groups excluding carboxylic acids is 2. The van der Waals surface area contributed by atoms with Crippen molar-refractivity contribution in [2.45, 2.75) is 78.9 Å². The third-order valence-electron chi connectivity index (χ3n) is 6.41. The van der Waals surface area contributed by atoms with Crippen LogP contribution in [0.25, 0.3) is 0 Å². The number of sulfonamides is 1. The van der Waals surface area contributed by atoms with Gasteiger partial charge >= 0.3 is 0 Å². The van der Waals surface area contributed by atoms with Crippen LogP contribution < -0.4 is 9.62 Å². The molecule has 0 aliphatic rings. The normalized spacial score (nSPS) is 13.1. The van der Waals surface area contributed by atoms with Crippen LogP contribution in [-0.4, -0.2) is 50.0 Å². The highest BCUT2D eigenvalue weighted by Crippen LogP contribution is 2.27. The minimum absolute atomic E-state index is 0.00160. The fraction of sp³-hybridized carbons (Fsp3) is 0.500. The SMILES string of the molecule is CCC(C)NC(=O)C(CC)N(Cc1cccc(C)c1)C(=O)CCCN(c1cc(Cl)ccc1C)S(C)(=O)=O. The van der Waals surface area contributed by atoms with Crippen LogP contribution in [0.15, 0.2) is 42.5 Å². The molecule has 0 bridgehead atoms. The van der Waals surface area contributed by atoms with E-state index >= 15 is 0 Å². The van der Waals surface area contributed by atoms with Crippen molar-refractivity contribution in [2.24, 2.45) is 0 Å². The van der Waals surface area contributed by atoms with Crippen molar-refractivity contribution in [3.05, 3.63) is 64.2 Å². The molecule has 0 fully saturated rings.